The van der Waals surface area contributed by atoms with E-state index in [4.69, 9.17) is 5.73 Å². The summed E-state index contributed by atoms with van der Waals surface area (Å²) in [5, 5.41) is 4.85. The summed E-state index contributed by atoms with van der Waals surface area (Å²) in [4.78, 5) is 20.4. The molecule has 1 aromatic heterocycles. The first-order chi connectivity index (χ1) is 13.5. The fraction of sp³-hybridized carbons (Fsp3) is 0.273. The minimum absolute atomic E-state index is 0.0567. The fourth-order valence-electron chi connectivity index (χ4n) is 3.63. The highest BCUT2D eigenvalue weighted by atomic mass is 32.2. The Labute approximate surface area is 168 Å². The number of nitrogens with one attached hydrogen (secondary N) is 2. The van der Waals surface area contributed by atoms with Crippen LogP contribution in [0.1, 0.15) is 34.8 Å². The van der Waals surface area contributed by atoms with Gasteiger partial charge in [-0.3, -0.25) is 9.79 Å². The van der Waals surface area contributed by atoms with Gasteiger partial charge in [0.2, 0.25) is 0 Å². The Kier molecular flexibility index (Phi) is 5.13. The first-order valence-electron chi connectivity index (χ1n) is 9.47. The van der Waals surface area contributed by atoms with E-state index in [1.54, 1.807) is 11.8 Å². The molecular weight excluding hydrogens is 368 g/mol. The van der Waals surface area contributed by atoms with Gasteiger partial charge in [0.25, 0.3) is 5.91 Å². The lowest BCUT2D eigenvalue weighted by Crippen LogP contribution is -2.29. The molecule has 0 radical (unpaired) electrons. The maximum atomic E-state index is 12.5. The summed E-state index contributed by atoms with van der Waals surface area (Å²) < 4.78 is 0. The lowest BCUT2D eigenvalue weighted by molar-refractivity contribution is 0.0954. The minimum Gasteiger partial charge on any atom is -0.379 e. The van der Waals surface area contributed by atoms with E-state index in [0.29, 0.717) is 17.3 Å². The number of nitrogens with zero attached hydrogens (tertiary/aromatic N) is 1. The maximum absolute atomic E-state index is 12.5. The number of H-pyrrole nitrogens is 1. The summed E-state index contributed by atoms with van der Waals surface area (Å²) in [6, 6.07) is 15.9. The average Bonchev–Trinajstić information content (AvgIpc) is 3.11. The van der Waals surface area contributed by atoms with Gasteiger partial charge in [-0.2, -0.15) is 0 Å². The van der Waals surface area contributed by atoms with Gasteiger partial charge in [-0.15, -0.1) is 0 Å². The molecule has 4 N–H and O–H groups in total. The molecule has 2 heterocycles. The van der Waals surface area contributed by atoms with E-state index in [2.05, 4.69) is 34.3 Å². The number of aliphatic imine (C=N–C) groups is 1. The first kappa shape index (κ1) is 18.6. The number of aromatic nitrogens is 1. The van der Waals surface area contributed by atoms with Crippen LogP contribution in [-0.4, -0.2) is 28.4 Å². The number of nitrogens with two attached hydrogens (primary N) is 1. The molecule has 0 fully saturated rings. The lowest BCUT2D eigenvalue weighted by atomic mass is 9.89. The molecule has 6 heteroatoms. The number of thioether (sulfide) groups is 1. The molecule has 28 heavy (non-hydrogen) atoms. The summed E-state index contributed by atoms with van der Waals surface area (Å²) in [6.45, 7) is 2.69. The van der Waals surface area contributed by atoms with E-state index in [1.165, 1.54) is 10.9 Å². The normalized spacial score (nSPS) is 19.4. The third-order valence-electron chi connectivity index (χ3n) is 5.32. The highest BCUT2D eigenvalue weighted by Gasteiger charge is 2.29. The zero-order valence-electron chi connectivity index (χ0n) is 15.9. The Balaban J connectivity index is 1.38. The Morgan fingerprint density at radius 2 is 2.04 bits per heavy atom. The summed E-state index contributed by atoms with van der Waals surface area (Å²) >= 11 is 1.59. The van der Waals surface area contributed by atoms with Crippen LogP contribution in [-0.2, 0) is 12.0 Å². The van der Waals surface area contributed by atoms with Crippen molar-refractivity contribution >= 4 is 33.7 Å². The van der Waals surface area contributed by atoms with Gasteiger partial charge in [-0.05, 0) is 49.1 Å². The van der Waals surface area contributed by atoms with Crippen molar-refractivity contribution in [3.05, 3.63) is 71.4 Å². The van der Waals surface area contributed by atoms with Gasteiger partial charge in [-0.25, -0.2) is 0 Å². The number of hydrogen-bond donors (Lipinski definition) is 3. The molecule has 144 valence electrons. The van der Waals surface area contributed by atoms with E-state index >= 15 is 0 Å². The Morgan fingerprint density at radius 1 is 1.25 bits per heavy atom. The number of para-hydroxylation sites is 1. The highest BCUT2D eigenvalue weighted by molar-refractivity contribution is 8.13. The molecule has 5 nitrogen and oxygen atoms in total. The van der Waals surface area contributed by atoms with E-state index < -0.39 is 0 Å². The smallest absolute Gasteiger partial charge is 0.251 e. The number of hydrogen-bond acceptors (Lipinski definition) is 4. The van der Waals surface area contributed by atoms with Crippen LogP contribution in [0.4, 0.5) is 0 Å². The van der Waals surface area contributed by atoms with Crippen molar-refractivity contribution in [2.24, 2.45) is 10.7 Å². The van der Waals surface area contributed by atoms with Crippen LogP contribution in [0.15, 0.2) is 59.7 Å². The average molecular weight is 393 g/mol. The Bertz CT molecular complexity index is 1020. The SMILES string of the molecule is CC1(c2ccc(C(=O)NCCc3c[nH]c4ccccc34)cc2)CCSC(N)=N1. The summed E-state index contributed by atoms with van der Waals surface area (Å²) in [5.74, 6) is 0.904. The van der Waals surface area contributed by atoms with Crippen LogP contribution in [0, 0.1) is 0 Å². The Morgan fingerprint density at radius 3 is 2.82 bits per heavy atom. The molecule has 0 bridgehead atoms. The van der Waals surface area contributed by atoms with Gasteiger partial charge >= 0.3 is 0 Å². The number of amidine groups is 1. The number of aromatic amines is 1. The van der Waals surface area contributed by atoms with Crippen LogP contribution >= 0.6 is 11.8 Å². The molecule has 2 aromatic carbocycles. The summed E-state index contributed by atoms with van der Waals surface area (Å²) in [5.41, 5.74) is 9.68. The highest BCUT2D eigenvalue weighted by Crippen LogP contribution is 2.34. The number of carbonyl (C=O) groups is 1. The number of carbonyl (C=O) groups excluding carboxylic acids is 1. The third-order valence-corrected chi connectivity index (χ3v) is 6.11. The molecule has 3 aromatic rings. The summed E-state index contributed by atoms with van der Waals surface area (Å²) in [6.07, 6.45) is 3.74. The van der Waals surface area contributed by atoms with Crippen molar-refractivity contribution in [2.45, 2.75) is 25.3 Å². The largest absolute Gasteiger partial charge is 0.379 e. The monoisotopic (exact) mass is 392 g/mol. The van der Waals surface area contributed by atoms with E-state index in [9.17, 15) is 4.79 Å². The molecule has 1 aliphatic heterocycles. The van der Waals surface area contributed by atoms with E-state index in [1.807, 2.05) is 42.6 Å². The van der Waals surface area contributed by atoms with Gasteiger partial charge in [0.1, 0.15) is 0 Å². The third kappa shape index (κ3) is 3.78. The second-order valence-electron chi connectivity index (χ2n) is 7.27. The van der Waals surface area contributed by atoms with Crippen LogP contribution in [0.25, 0.3) is 10.9 Å². The van der Waals surface area contributed by atoms with Gasteiger partial charge in [0, 0.05) is 35.0 Å². The molecule has 1 unspecified atom stereocenters. The molecule has 0 spiro atoms. The zero-order valence-corrected chi connectivity index (χ0v) is 16.7. The number of amides is 1. The van der Waals surface area contributed by atoms with Gasteiger partial charge in [0.15, 0.2) is 5.17 Å². The standard InChI is InChI=1S/C22H24N4OS/c1-22(11-13-28-21(23)26-22)17-8-6-15(7-9-17)20(27)24-12-10-16-14-25-19-5-3-2-4-18(16)19/h2-9,14,25H,10-13H2,1H3,(H2,23,26)(H,24,27). The molecule has 0 saturated carbocycles. The Hall–Kier alpha value is -2.73. The second kappa shape index (κ2) is 7.72. The zero-order chi connectivity index (χ0) is 19.6. The fourth-order valence-corrected chi connectivity index (χ4v) is 4.60. The lowest BCUT2D eigenvalue weighted by Gasteiger charge is -2.29. The number of fused-ring (bicyclic) bond motifs is 1. The van der Waals surface area contributed by atoms with E-state index in [-0.39, 0.29) is 11.4 Å². The molecule has 4 rings (SSSR count). The van der Waals surface area contributed by atoms with Crippen molar-refractivity contribution in [3.8, 4) is 0 Å². The minimum atomic E-state index is -0.306. The van der Waals surface area contributed by atoms with Crippen molar-refractivity contribution in [3.63, 3.8) is 0 Å². The molecule has 1 amide bonds. The molecular formula is C22H24N4OS. The first-order valence-corrected chi connectivity index (χ1v) is 10.5. The predicted molar refractivity (Wildman–Crippen MR) is 117 cm³/mol. The quantitative estimate of drug-likeness (QED) is 0.617. The van der Waals surface area contributed by atoms with Gasteiger partial charge in [0.05, 0.1) is 5.54 Å². The molecule has 1 atom stereocenters. The number of benzene rings is 2. The predicted octanol–water partition coefficient (Wildman–Crippen LogP) is 3.81. The second-order valence-corrected chi connectivity index (χ2v) is 8.38. The van der Waals surface area contributed by atoms with Crippen LogP contribution in [0.5, 0.6) is 0 Å². The van der Waals surface area contributed by atoms with Crippen LogP contribution in [0.2, 0.25) is 0 Å². The van der Waals surface area contributed by atoms with Crippen molar-refractivity contribution in [1.82, 2.24) is 10.3 Å². The van der Waals surface area contributed by atoms with E-state index in [0.717, 1.165) is 29.7 Å². The van der Waals surface area contributed by atoms with Gasteiger partial charge < -0.3 is 16.0 Å². The molecule has 1 aliphatic rings. The van der Waals surface area contributed by atoms with Crippen LogP contribution < -0.4 is 11.1 Å². The maximum Gasteiger partial charge on any atom is 0.251 e. The van der Waals surface area contributed by atoms with Crippen molar-refractivity contribution < 1.29 is 4.79 Å². The molecule has 0 aliphatic carbocycles. The van der Waals surface area contributed by atoms with Gasteiger partial charge in [-0.1, -0.05) is 42.1 Å². The summed E-state index contributed by atoms with van der Waals surface area (Å²) in [7, 11) is 0. The van der Waals surface area contributed by atoms with Crippen molar-refractivity contribution in [2.75, 3.05) is 12.3 Å². The van der Waals surface area contributed by atoms with Crippen molar-refractivity contribution in [1.29, 1.82) is 0 Å². The number of rotatable bonds is 5. The van der Waals surface area contributed by atoms with Crippen LogP contribution in [0.3, 0.4) is 0 Å². The topological polar surface area (TPSA) is 83.3 Å². The molecule has 0 saturated heterocycles.